The SMILES string of the molecule is Cc1nn(-c2cccc(Cl)c2)nc1C(=O)N1CCC(C(=O)N2CC(C)OC(C)C2)CC1. The molecule has 2 atom stereocenters. The summed E-state index contributed by atoms with van der Waals surface area (Å²) >= 11 is 6.05. The van der Waals surface area contributed by atoms with Gasteiger partial charge in [0.05, 0.1) is 23.6 Å². The van der Waals surface area contributed by atoms with Gasteiger partial charge in [-0.05, 0) is 51.8 Å². The van der Waals surface area contributed by atoms with E-state index in [-0.39, 0.29) is 29.9 Å². The average Bonchev–Trinajstić information content (AvgIpc) is 3.14. The molecule has 2 amide bonds. The van der Waals surface area contributed by atoms with E-state index in [1.165, 1.54) is 4.80 Å². The van der Waals surface area contributed by atoms with Gasteiger partial charge in [-0.2, -0.15) is 9.90 Å². The number of rotatable bonds is 3. The lowest BCUT2D eigenvalue weighted by atomic mass is 9.94. The van der Waals surface area contributed by atoms with E-state index < -0.39 is 0 Å². The van der Waals surface area contributed by atoms with E-state index in [4.69, 9.17) is 16.3 Å². The number of ether oxygens (including phenoxy) is 1. The Balaban J connectivity index is 1.39. The minimum absolute atomic E-state index is 0.0511. The van der Waals surface area contributed by atoms with Crippen LogP contribution in [0, 0.1) is 12.8 Å². The molecule has 9 heteroatoms. The van der Waals surface area contributed by atoms with Crippen LogP contribution in [0.2, 0.25) is 5.02 Å². The molecule has 4 rings (SSSR count). The fourth-order valence-electron chi connectivity index (χ4n) is 4.39. The second-order valence-corrected chi connectivity index (χ2v) is 8.91. The minimum Gasteiger partial charge on any atom is -0.372 e. The number of amides is 2. The Labute approximate surface area is 187 Å². The van der Waals surface area contributed by atoms with Crippen molar-refractivity contribution in [2.75, 3.05) is 26.2 Å². The highest BCUT2D eigenvalue weighted by Crippen LogP contribution is 2.24. The zero-order chi connectivity index (χ0) is 22.1. The summed E-state index contributed by atoms with van der Waals surface area (Å²) in [4.78, 5) is 31.2. The molecule has 8 nitrogen and oxygen atoms in total. The van der Waals surface area contributed by atoms with Crippen LogP contribution in [0.3, 0.4) is 0 Å². The van der Waals surface area contributed by atoms with Crippen LogP contribution < -0.4 is 0 Å². The Morgan fingerprint density at radius 1 is 1.06 bits per heavy atom. The van der Waals surface area contributed by atoms with Gasteiger partial charge in [-0.3, -0.25) is 9.59 Å². The van der Waals surface area contributed by atoms with Crippen molar-refractivity contribution in [3.63, 3.8) is 0 Å². The van der Waals surface area contributed by atoms with Gasteiger partial charge in [0.2, 0.25) is 5.91 Å². The van der Waals surface area contributed by atoms with Gasteiger partial charge < -0.3 is 14.5 Å². The Kier molecular flexibility index (Phi) is 6.29. The predicted molar refractivity (Wildman–Crippen MR) is 116 cm³/mol. The molecule has 3 heterocycles. The van der Waals surface area contributed by atoms with Crippen LogP contribution in [0.15, 0.2) is 24.3 Å². The molecule has 31 heavy (non-hydrogen) atoms. The summed E-state index contributed by atoms with van der Waals surface area (Å²) in [5.74, 6) is -0.0211. The highest BCUT2D eigenvalue weighted by Gasteiger charge is 2.34. The molecule has 1 aromatic heterocycles. The third-order valence-electron chi connectivity index (χ3n) is 5.89. The van der Waals surface area contributed by atoms with Gasteiger partial charge in [-0.1, -0.05) is 17.7 Å². The summed E-state index contributed by atoms with van der Waals surface area (Å²) in [7, 11) is 0. The lowest BCUT2D eigenvalue weighted by Gasteiger charge is -2.39. The summed E-state index contributed by atoms with van der Waals surface area (Å²) in [6.07, 6.45) is 1.43. The number of hydrogen-bond donors (Lipinski definition) is 0. The molecule has 2 fully saturated rings. The monoisotopic (exact) mass is 445 g/mol. The van der Waals surface area contributed by atoms with Gasteiger partial charge in [0.25, 0.3) is 5.91 Å². The van der Waals surface area contributed by atoms with Gasteiger partial charge >= 0.3 is 0 Å². The van der Waals surface area contributed by atoms with E-state index in [0.717, 1.165) is 0 Å². The fourth-order valence-corrected chi connectivity index (χ4v) is 4.57. The van der Waals surface area contributed by atoms with E-state index in [2.05, 4.69) is 10.2 Å². The molecular weight excluding hydrogens is 418 g/mol. The number of likely N-dealkylation sites (tertiary alicyclic amines) is 1. The van der Waals surface area contributed by atoms with Crippen LogP contribution in [-0.4, -0.2) is 75.0 Å². The zero-order valence-corrected chi connectivity index (χ0v) is 18.9. The molecule has 2 aromatic rings. The number of morpholine rings is 1. The fraction of sp³-hybridized carbons (Fsp3) is 0.545. The Bertz CT molecular complexity index is 960. The molecule has 0 radical (unpaired) electrons. The van der Waals surface area contributed by atoms with Crippen LogP contribution in [0.25, 0.3) is 5.69 Å². The van der Waals surface area contributed by atoms with Crippen molar-refractivity contribution < 1.29 is 14.3 Å². The molecule has 0 N–H and O–H groups in total. The highest BCUT2D eigenvalue weighted by molar-refractivity contribution is 6.30. The lowest BCUT2D eigenvalue weighted by molar-refractivity contribution is -0.148. The molecule has 0 spiro atoms. The first kappa shape index (κ1) is 21.8. The molecular formula is C22H28ClN5O3. The zero-order valence-electron chi connectivity index (χ0n) is 18.1. The van der Waals surface area contributed by atoms with E-state index in [1.807, 2.05) is 30.9 Å². The van der Waals surface area contributed by atoms with Crippen molar-refractivity contribution in [1.82, 2.24) is 24.8 Å². The van der Waals surface area contributed by atoms with Crippen molar-refractivity contribution in [2.45, 2.75) is 45.8 Å². The Hall–Kier alpha value is -2.45. The van der Waals surface area contributed by atoms with Gasteiger partial charge in [0.15, 0.2) is 5.69 Å². The molecule has 1 aromatic carbocycles. The van der Waals surface area contributed by atoms with Crippen molar-refractivity contribution >= 4 is 23.4 Å². The summed E-state index contributed by atoms with van der Waals surface area (Å²) in [6, 6.07) is 7.18. The first-order valence-corrected chi connectivity index (χ1v) is 11.1. The summed E-state index contributed by atoms with van der Waals surface area (Å²) < 4.78 is 5.73. The maximum Gasteiger partial charge on any atom is 0.276 e. The van der Waals surface area contributed by atoms with Gasteiger partial charge in [-0.15, -0.1) is 5.10 Å². The van der Waals surface area contributed by atoms with Crippen LogP contribution in [-0.2, 0) is 9.53 Å². The van der Waals surface area contributed by atoms with Gasteiger partial charge in [0, 0.05) is 37.1 Å². The molecule has 166 valence electrons. The smallest absolute Gasteiger partial charge is 0.276 e. The highest BCUT2D eigenvalue weighted by atomic mass is 35.5. The van der Waals surface area contributed by atoms with Crippen LogP contribution in [0.1, 0.15) is 42.9 Å². The van der Waals surface area contributed by atoms with Crippen molar-refractivity contribution in [3.05, 3.63) is 40.7 Å². The minimum atomic E-state index is -0.148. The first-order valence-electron chi connectivity index (χ1n) is 10.7. The Morgan fingerprint density at radius 2 is 1.74 bits per heavy atom. The molecule has 0 saturated carbocycles. The number of piperidine rings is 1. The molecule has 0 aliphatic carbocycles. The van der Waals surface area contributed by atoms with Crippen LogP contribution >= 0.6 is 11.6 Å². The second-order valence-electron chi connectivity index (χ2n) is 8.47. The quantitative estimate of drug-likeness (QED) is 0.725. The van der Waals surface area contributed by atoms with E-state index in [9.17, 15) is 9.59 Å². The van der Waals surface area contributed by atoms with E-state index >= 15 is 0 Å². The topological polar surface area (TPSA) is 80.6 Å². The number of carbonyl (C=O) groups is 2. The number of aryl methyl sites for hydroxylation is 1. The summed E-state index contributed by atoms with van der Waals surface area (Å²) in [6.45, 7) is 8.11. The average molecular weight is 446 g/mol. The summed E-state index contributed by atoms with van der Waals surface area (Å²) in [5, 5.41) is 9.37. The maximum atomic E-state index is 13.1. The van der Waals surface area contributed by atoms with Crippen LogP contribution in [0.5, 0.6) is 0 Å². The van der Waals surface area contributed by atoms with Gasteiger partial charge in [0.1, 0.15) is 0 Å². The molecule has 2 aliphatic heterocycles. The normalized spacial score (nSPS) is 22.6. The molecule has 0 bridgehead atoms. The molecule has 2 aliphatic rings. The number of aromatic nitrogens is 3. The number of nitrogens with zero attached hydrogens (tertiary/aromatic N) is 5. The summed E-state index contributed by atoms with van der Waals surface area (Å²) in [5.41, 5.74) is 1.60. The van der Waals surface area contributed by atoms with Crippen molar-refractivity contribution in [1.29, 1.82) is 0 Å². The molecule has 2 unspecified atom stereocenters. The third kappa shape index (κ3) is 4.75. The van der Waals surface area contributed by atoms with Crippen LogP contribution in [0.4, 0.5) is 0 Å². The molecule has 2 saturated heterocycles. The third-order valence-corrected chi connectivity index (χ3v) is 6.12. The predicted octanol–water partition coefficient (Wildman–Crippen LogP) is 2.72. The second kappa shape index (κ2) is 8.96. The van der Waals surface area contributed by atoms with Crippen molar-refractivity contribution in [3.8, 4) is 5.69 Å². The lowest BCUT2D eigenvalue weighted by Crippen LogP contribution is -2.51. The number of halogens is 1. The largest absolute Gasteiger partial charge is 0.372 e. The maximum absolute atomic E-state index is 13.1. The Morgan fingerprint density at radius 3 is 2.39 bits per heavy atom. The first-order chi connectivity index (χ1) is 14.8. The van der Waals surface area contributed by atoms with Gasteiger partial charge in [-0.25, -0.2) is 0 Å². The van der Waals surface area contributed by atoms with Crippen molar-refractivity contribution in [2.24, 2.45) is 5.92 Å². The number of benzene rings is 1. The van der Waals surface area contributed by atoms with E-state index in [1.54, 1.807) is 24.0 Å². The number of hydrogen-bond acceptors (Lipinski definition) is 5. The van der Waals surface area contributed by atoms with E-state index in [0.29, 0.717) is 61.1 Å². The number of carbonyl (C=O) groups excluding carboxylic acids is 2. The standard InChI is InChI=1S/C22H28ClN5O3/c1-14-12-27(13-15(2)31-14)21(29)17-7-9-26(10-8-17)22(30)20-16(3)24-28(25-20)19-6-4-5-18(23)11-19/h4-6,11,14-15,17H,7-10,12-13H2,1-3H3.